The van der Waals surface area contributed by atoms with E-state index in [4.69, 9.17) is 5.73 Å². The molecule has 1 rings (SSSR count). The molecule has 0 saturated carbocycles. The molecule has 3 nitrogen and oxygen atoms in total. The predicted octanol–water partition coefficient (Wildman–Crippen LogP) is 1.48. The number of piperazine rings is 1. The third-order valence-electron chi connectivity index (χ3n) is 3.75. The molecule has 1 fully saturated rings. The number of hydrogen-bond acceptors (Lipinski definition) is 4. The Balaban J connectivity index is 2.29. The molecular formula is C13H29N3S. The lowest BCUT2D eigenvalue weighted by atomic mass is 10.1. The van der Waals surface area contributed by atoms with Crippen molar-refractivity contribution in [1.82, 2.24) is 9.80 Å². The molecule has 4 heteroatoms. The summed E-state index contributed by atoms with van der Waals surface area (Å²) in [7, 11) is 0. The van der Waals surface area contributed by atoms with Gasteiger partial charge in [-0.1, -0.05) is 0 Å². The number of nitrogens with zero attached hydrogens (tertiary/aromatic N) is 2. The SMILES string of the molecule is CSCCCC(CN)N1CCN(C(C)C)CC1. The molecule has 1 heterocycles. The molecule has 0 aromatic heterocycles. The van der Waals surface area contributed by atoms with E-state index in [1.807, 2.05) is 11.8 Å². The second-order valence-electron chi connectivity index (χ2n) is 5.19. The Morgan fingerprint density at radius 1 is 1.12 bits per heavy atom. The average Bonchev–Trinajstić information content (AvgIpc) is 2.35. The summed E-state index contributed by atoms with van der Waals surface area (Å²) in [6, 6.07) is 1.29. The largest absolute Gasteiger partial charge is 0.329 e. The molecule has 2 N–H and O–H groups in total. The van der Waals surface area contributed by atoms with Crippen LogP contribution >= 0.6 is 11.8 Å². The average molecular weight is 259 g/mol. The summed E-state index contributed by atoms with van der Waals surface area (Å²) in [5.41, 5.74) is 5.92. The van der Waals surface area contributed by atoms with Crippen molar-refractivity contribution >= 4 is 11.8 Å². The minimum absolute atomic E-state index is 0.608. The van der Waals surface area contributed by atoms with Gasteiger partial charge in [-0.2, -0.15) is 11.8 Å². The van der Waals surface area contributed by atoms with Crippen molar-refractivity contribution in [1.29, 1.82) is 0 Å². The molecule has 0 aromatic carbocycles. The fraction of sp³-hybridized carbons (Fsp3) is 1.00. The standard InChI is InChI=1S/C13H29N3S/c1-12(2)15-6-8-16(9-7-15)13(11-14)5-4-10-17-3/h12-13H,4-11,14H2,1-3H3. The molecule has 17 heavy (non-hydrogen) atoms. The van der Waals surface area contributed by atoms with Crippen LogP contribution in [0.15, 0.2) is 0 Å². The fourth-order valence-electron chi connectivity index (χ4n) is 2.53. The monoisotopic (exact) mass is 259 g/mol. The van der Waals surface area contributed by atoms with Crippen molar-refractivity contribution in [3.8, 4) is 0 Å². The van der Waals surface area contributed by atoms with Crippen LogP contribution < -0.4 is 5.73 Å². The lowest BCUT2D eigenvalue weighted by molar-refractivity contribution is 0.0773. The Morgan fingerprint density at radius 2 is 1.71 bits per heavy atom. The Hall–Kier alpha value is 0.230. The number of hydrogen-bond donors (Lipinski definition) is 1. The van der Waals surface area contributed by atoms with E-state index in [1.165, 1.54) is 44.8 Å². The molecule has 1 saturated heterocycles. The second-order valence-corrected chi connectivity index (χ2v) is 6.18. The zero-order chi connectivity index (χ0) is 12.7. The molecule has 0 aliphatic carbocycles. The second kappa shape index (κ2) is 8.35. The highest BCUT2D eigenvalue weighted by Gasteiger charge is 2.23. The highest BCUT2D eigenvalue weighted by atomic mass is 32.2. The third kappa shape index (κ3) is 5.16. The van der Waals surface area contributed by atoms with E-state index in [9.17, 15) is 0 Å². The van der Waals surface area contributed by atoms with Gasteiger partial charge in [0.05, 0.1) is 0 Å². The van der Waals surface area contributed by atoms with Crippen LogP contribution in [0.3, 0.4) is 0 Å². The molecule has 0 amide bonds. The molecule has 1 unspecified atom stereocenters. The minimum Gasteiger partial charge on any atom is -0.329 e. The molecule has 1 aliphatic rings. The van der Waals surface area contributed by atoms with E-state index in [0.717, 1.165) is 6.54 Å². The molecule has 0 spiro atoms. The maximum absolute atomic E-state index is 5.92. The summed E-state index contributed by atoms with van der Waals surface area (Å²) >= 11 is 1.94. The van der Waals surface area contributed by atoms with Gasteiger partial charge in [0.1, 0.15) is 0 Å². The van der Waals surface area contributed by atoms with Crippen LogP contribution in [0.25, 0.3) is 0 Å². The summed E-state index contributed by atoms with van der Waals surface area (Å²) in [4.78, 5) is 5.16. The van der Waals surface area contributed by atoms with Gasteiger partial charge in [0.15, 0.2) is 0 Å². The van der Waals surface area contributed by atoms with Gasteiger partial charge in [-0.25, -0.2) is 0 Å². The maximum Gasteiger partial charge on any atom is 0.0219 e. The number of thioether (sulfide) groups is 1. The van der Waals surface area contributed by atoms with Gasteiger partial charge in [-0.05, 0) is 38.7 Å². The van der Waals surface area contributed by atoms with Gasteiger partial charge in [-0.3, -0.25) is 9.80 Å². The van der Waals surface area contributed by atoms with Crippen molar-refractivity contribution < 1.29 is 0 Å². The topological polar surface area (TPSA) is 32.5 Å². The minimum atomic E-state index is 0.608. The maximum atomic E-state index is 5.92. The molecule has 0 aromatic rings. The van der Waals surface area contributed by atoms with Gasteiger partial charge in [0, 0.05) is 44.8 Å². The summed E-state index contributed by atoms with van der Waals surface area (Å²) in [6.07, 6.45) is 4.74. The van der Waals surface area contributed by atoms with Crippen LogP contribution in [0.5, 0.6) is 0 Å². The van der Waals surface area contributed by atoms with Crippen LogP contribution in [0, 0.1) is 0 Å². The van der Waals surface area contributed by atoms with Crippen LogP contribution in [0.1, 0.15) is 26.7 Å². The molecular weight excluding hydrogens is 230 g/mol. The summed E-state index contributed by atoms with van der Waals surface area (Å²) in [6.45, 7) is 10.2. The van der Waals surface area contributed by atoms with E-state index in [-0.39, 0.29) is 0 Å². The van der Waals surface area contributed by atoms with E-state index in [2.05, 4.69) is 29.9 Å². The first-order valence-corrected chi connectivity index (χ1v) is 8.25. The zero-order valence-corrected chi connectivity index (χ0v) is 12.5. The summed E-state index contributed by atoms with van der Waals surface area (Å²) < 4.78 is 0. The van der Waals surface area contributed by atoms with Crippen LogP contribution in [0.2, 0.25) is 0 Å². The molecule has 102 valence electrons. The molecule has 0 radical (unpaired) electrons. The van der Waals surface area contributed by atoms with Gasteiger partial charge in [0.25, 0.3) is 0 Å². The molecule has 1 aliphatic heterocycles. The van der Waals surface area contributed by atoms with Gasteiger partial charge < -0.3 is 5.73 Å². The van der Waals surface area contributed by atoms with Crippen molar-refractivity contribution in [2.45, 2.75) is 38.8 Å². The van der Waals surface area contributed by atoms with Crippen molar-refractivity contribution in [2.24, 2.45) is 5.73 Å². The van der Waals surface area contributed by atoms with E-state index >= 15 is 0 Å². The summed E-state index contributed by atoms with van der Waals surface area (Å²) in [5, 5.41) is 0. The van der Waals surface area contributed by atoms with Crippen molar-refractivity contribution in [2.75, 3.05) is 44.7 Å². The Labute approximate surface area is 111 Å². The smallest absolute Gasteiger partial charge is 0.0219 e. The zero-order valence-electron chi connectivity index (χ0n) is 11.7. The van der Waals surface area contributed by atoms with Crippen molar-refractivity contribution in [3.63, 3.8) is 0 Å². The van der Waals surface area contributed by atoms with E-state index in [0.29, 0.717) is 12.1 Å². The first-order valence-electron chi connectivity index (χ1n) is 6.86. The van der Waals surface area contributed by atoms with Crippen LogP contribution in [0.4, 0.5) is 0 Å². The number of nitrogens with two attached hydrogens (primary N) is 1. The Morgan fingerprint density at radius 3 is 2.18 bits per heavy atom. The highest BCUT2D eigenvalue weighted by molar-refractivity contribution is 7.98. The first kappa shape index (κ1) is 15.3. The lowest BCUT2D eigenvalue weighted by Gasteiger charge is -2.40. The van der Waals surface area contributed by atoms with Gasteiger partial charge in [0.2, 0.25) is 0 Å². The summed E-state index contributed by atoms with van der Waals surface area (Å²) in [5.74, 6) is 1.27. The molecule has 1 atom stereocenters. The Bertz CT molecular complexity index is 191. The normalized spacial score (nSPS) is 21.0. The lowest BCUT2D eigenvalue weighted by Crippen LogP contribution is -2.53. The highest BCUT2D eigenvalue weighted by Crippen LogP contribution is 2.13. The number of rotatable bonds is 7. The predicted molar refractivity (Wildman–Crippen MR) is 78.7 cm³/mol. The first-order chi connectivity index (χ1) is 8.19. The third-order valence-corrected chi connectivity index (χ3v) is 4.45. The van der Waals surface area contributed by atoms with Crippen LogP contribution in [-0.4, -0.2) is 66.6 Å². The van der Waals surface area contributed by atoms with Gasteiger partial charge >= 0.3 is 0 Å². The quantitative estimate of drug-likeness (QED) is 0.702. The van der Waals surface area contributed by atoms with Crippen molar-refractivity contribution in [3.05, 3.63) is 0 Å². The van der Waals surface area contributed by atoms with E-state index in [1.54, 1.807) is 0 Å². The Kier molecular flexibility index (Phi) is 7.51. The molecule has 0 bridgehead atoms. The van der Waals surface area contributed by atoms with E-state index < -0.39 is 0 Å². The van der Waals surface area contributed by atoms with Crippen LogP contribution in [-0.2, 0) is 0 Å². The fourth-order valence-corrected chi connectivity index (χ4v) is 2.99. The van der Waals surface area contributed by atoms with Gasteiger partial charge in [-0.15, -0.1) is 0 Å².